The Morgan fingerprint density at radius 1 is 1.33 bits per heavy atom. The number of aromatic nitrogens is 2. The van der Waals surface area contributed by atoms with E-state index in [2.05, 4.69) is 10.2 Å². The molecule has 1 aliphatic rings. The Morgan fingerprint density at radius 2 is 2.17 bits per heavy atom. The number of H-pyrrole nitrogens is 1. The lowest BCUT2D eigenvalue weighted by molar-refractivity contribution is -0.119. The van der Waals surface area contributed by atoms with Gasteiger partial charge < -0.3 is 5.73 Å². The molecule has 1 saturated heterocycles. The number of hydrogen-bond donors (Lipinski definition) is 2. The first-order chi connectivity index (χ1) is 8.77. The predicted octanol–water partition coefficient (Wildman–Crippen LogP) is 1.33. The second-order valence-corrected chi connectivity index (χ2v) is 3.99. The molecule has 0 atom stereocenters. The van der Waals surface area contributed by atoms with Crippen molar-refractivity contribution in [3.63, 3.8) is 0 Å². The van der Waals surface area contributed by atoms with E-state index in [9.17, 15) is 4.79 Å². The highest BCUT2D eigenvalue weighted by molar-refractivity contribution is 5.98. The van der Waals surface area contributed by atoms with Gasteiger partial charge in [-0.05, 0) is 6.07 Å². The fourth-order valence-corrected chi connectivity index (χ4v) is 1.99. The number of benzene rings is 1. The van der Waals surface area contributed by atoms with Crippen LogP contribution in [-0.4, -0.2) is 22.7 Å². The molecular formula is C12H12N4O2. The number of hydrogen-bond acceptors (Lipinski definition) is 4. The maximum absolute atomic E-state index is 11.7. The average molecular weight is 244 g/mol. The minimum atomic E-state index is -0.0514. The summed E-state index contributed by atoms with van der Waals surface area (Å²) in [5.41, 5.74) is 8.08. The summed E-state index contributed by atoms with van der Waals surface area (Å²) in [6.07, 6.45) is 2.03. The molecule has 1 aromatic heterocycles. The number of carbonyl (C=O) groups excluding carboxylic acids is 1. The van der Waals surface area contributed by atoms with Crippen molar-refractivity contribution >= 4 is 17.4 Å². The van der Waals surface area contributed by atoms with Gasteiger partial charge in [0.05, 0.1) is 24.9 Å². The number of rotatable bonds is 2. The normalized spacial score (nSPS) is 15.3. The Labute approximate surface area is 103 Å². The molecule has 1 aliphatic heterocycles. The third-order valence-corrected chi connectivity index (χ3v) is 2.84. The first-order valence-corrected chi connectivity index (χ1v) is 5.61. The predicted molar refractivity (Wildman–Crippen MR) is 66.5 cm³/mol. The number of amides is 1. The largest absolute Gasteiger partial charge is 0.384 e. The second kappa shape index (κ2) is 4.15. The number of nitrogens with one attached hydrogen (secondary N) is 1. The van der Waals surface area contributed by atoms with Crippen molar-refractivity contribution in [3.05, 3.63) is 30.5 Å². The van der Waals surface area contributed by atoms with Crippen LogP contribution in [0.2, 0.25) is 0 Å². The fraction of sp³-hybridized carbons (Fsp3) is 0.167. The molecule has 18 heavy (non-hydrogen) atoms. The standard InChI is InChI=1S/C12H12N4O2/c13-12-9(7-14-15-12)8-3-1-2-4-10(8)16-11(17)5-6-18-16/h1-4,7H,5-6H2,(H3,13,14,15). The number of nitrogens with zero attached hydrogens (tertiary/aromatic N) is 2. The average Bonchev–Trinajstić information content (AvgIpc) is 2.98. The number of para-hydroxylation sites is 1. The summed E-state index contributed by atoms with van der Waals surface area (Å²) < 4.78 is 0. The van der Waals surface area contributed by atoms with E-state index in [1.807, 2.05) is 24.3 Å². The topological polar surface area (TPSA) is 84.2 Å². The molecule has 92 valence electrons. The zero-order valence-electron chi connectivity index (χ0n) is 9.59. The number of anilines is 2. The van der Waals surface area contributed by atoms with Gasteiger partial charge in [0, 0.05) is 11.1 Å². The van der Waals surface area contributed by atoms with Crippen LogP contribution in [-0.2, 0) is 9.63 Å². The fourth-order valence-electron chi connectivity index (χ4n) is 1.99. The zero-order chi connectivity index (χ0) is 12.5. The van der Waals surface area contributed by atoms with Crippen LogP contribution in [0.25, 0.3) is 11.1 Å². The zero-order valence-corrected chi connectivity index (χ0v) is 9.59. The number of carbonyl (C=O) groups is 1. The minimum Gasteiger partial charge on any atom is -0.384 e. The highest BCUT2D eigenvalue weighted by Crippen LogP contribution is 2.34. The number of aromatic amines is 1. The summed E-state index contributed by atoms with van der Waals surface area (Å²) in [6.45, 7) is 0.411. The van der Waals surface area contributed by atoms with E-state index in [1.54, 1.807) is 6.20 Å². The SMILES string of the molecule is Nc1[nH]ncc1-c1ccccc1N1OCCC1=O. The molecule has 1 amide bonds. The molecule has 0 aliphatic carbocycles. The number of nitrogen functional groups attached to an aromatic ring is 1. The van der Waals surface area contributed by atoms with E-state index in [0.717, 1.165) is 11.1 Å². The second-order valence-electron chi connectivity index (χ2n) is 3.99. The summed E-state index contributed by atoms with van der Waals surface area (Å²) >= 11 is 0. The molecule has 6 nitrogen and oxygen atoms in total. The first kappa shape index (κ1) is 10.8. The van der Waals surface area contributed by atoms with Crippen LogP contribution in [0, 0.1) is 0 Å². The van der Waals surface area contributed by atoms with E-state index in [1.165, 1.54) is 5.06 Å². The van der Waals surface area contributed by atoms with Crippen LogP contribution in [0.3, 0.4) is 0 Å². The van der Waals surface area contributed by atoms with Crippen LogP contribution < -0.4 is 10.8 Å². The van der Waals surface area contributed by atoms with Crippen LogP contribution >= 0.6 is 0 Å². The molecule has 3 N–H and O–H groups in total. The smallest absolute Gasteiger partial charge is 0.253 e. The quantitative estimate of drug-likeness (QED) is 0.834. The van der Waals surface area contributed by atoms with Crippen molar-refractivity contribution in [2.24, 2.45) is 0 Å². The Bertz CT molecular complexity index is 593. The van der Waals surface area contributed by atoms with Crippen LogP contribution in [0.15, 0.2) is 30.5 Å². The molecule has 2 heterocycles. The molecule has 0 bridgehead atoms. The summed E-state index contributed by atoms with van der Waals surface area (Å²) in [5.74, 6) is 0.415. The van der Waals surface area contributed by atoms with Gasteiger partial charge in [-0.3, -0.25) is 14.7 Å². The van der Waals surface area contributed by atoms with Crippen molar-refractivity contribution in [2.75, 3.05) is 17.4 Å². The molecule has 1 fully saturated rings. The number of hydroxylamine groups is 1. The van der Waals surface area contributed by atoms with E-state index >= 15 is 0 Å². The van der Waals surface area contributed by atoms with Crippen LogP contribution in [0.1, 0.15) is 6.42 Å². The van der Waals surface area contributed by atoms with Gasteiger partial charge in [-0.1, -0.05) is 18.2 Å². The highest BCUT2D eigenvalue weighted by Gasteiger charge is 2.26. The Morgan fingerprint density at radius 3 is 2.83 bits per heavy atom. The molecule has 3 rings (SSSR count). The maximum Gasteiger partial charge on any atom is 0.253 e. The van der Waals surface area contributed by atoms with Crippen molar-refractivity contribution in [1.29, 1.82) is 0 Å². The third-order valence-electron chi connectivity index (χ3n) is 2.84. The van der Waals surface area contributed by atoms with E-state index in [-0.39, 0.29) is 5.91 Å². The summed E-state index contributed by atoms with van der Waals surface area (Å²) in [5, 5.41) is 7.89. The third kappa shape index (κ3) is 1.63. The van der Waals surface area contributed by atoms with E-state index < -0.39 is 0 Å². The Kier molecular flexibility index (Phi) is 2.49. The molecular weight excluding hydrogens is 232 g/mol. The lowest BCUT2D eigenvalue weighted by Gasteiger charge is -2.17. The van der Waals surface area contributed by atoms with Gasteiger partial charge in [0.25, 0.3) is 5.91 Å². The molecule has 6 heteroatoms. The minimum absolute atomic E-state index is 0.0514. The van der Waals surface area contributed by atoms with E-state index in [0.29, 0.717) is 24.5 Å². The van der Waals surface area contributed by atoms with Gasteiger partial charge in [-0.25, -0.2) is 0 Å². The molecule has 2 aromatic rings. The Balaban J connectivity index is 2.11. The van der Waals surface area contributed by atoms with E-state index in [4.69, 9.17) is 10.6 Å². The first-order valence-electron chi connectivity index (χ1n) is 5.61. The molecule has 0 spiro atoms. The summed E-state index contributed by atoms with van der Waals surface area (Å²) in [7, 11) is 0. The van der Waals surface area contributed by atoms with Crippen molar-refractivity contribution in [3.8, 4) is 11.1 Å². The van der Waals surface area contributed by atoms with Gasteiger partial charge in [0.15, 0.2) is 0 Å². The summed E-state index contributed by atoms with van der Waals surface area (Å²) in [6, 6.07) is 7.44. The van der Waals surface area contributed by atoms with Gasteiger partial charge in [0.2, 0.25) is 0 Å². The summed E-state index contributed by atoms with van der Waals surface area (Å²) in [4.78, 5) is 17.1. The van der Waals surface area contributed by atoms with Gasteiger partial charge in [0.1, 0.15) is 5.82 Å². The van der Waals surface area contributed by atoms with Gasteiger partial charge >= 0.3 is 0 Å². The number of nitrogens with two attached hydrogens (primary N) is 1. The molecule has 0 saturated carbocycles. The molecule has 1 aromatic carbocycles. The lowest BCUT2D eigenvalue weighted by Crippen LogP contribution is -2.22. The van der Waals surface area contributed by atoms with Crippen molar-refractivity contribution in [2.45, 2.75) is 6.42 Å². The maximum atomic E-state index is 11.7. The Hall–Kier alpha value is -2.34. The highest BCUT2D eigenvalue weighted by atomic mass is 16.7. The van der Waals surface area contributed by atoms with Crippen molar-refractivity contribution < 1.29 is 9.63 Å². The molecule has 0 unspecified atom stereocenters. The van der Waals surface area contributed by atoms with Crippen LogP contribution in [0.5, 0.6) is 0 Å². The lowest BCUT2D eigenvalue weighted by atomic mass is 10.1. The van der Waals surface area contributed by atoms with Gasteiger partial charge in [-0.2, -0.15) is 10.2 Å². The van der Waals surface area contributed by atoms with Crippen molar-refractivity contribution in [1.82, 2.24) is 10.2 Å². The molecule has 0 radical (unpaired) electrons. The monoisotopic (exact) mass is 244 g/mol. The van der Waals surface area contributed by atoms with Crippen LogP contribution in [0.4, 0.5) is 11.5 Å². The van der Waals surface area contributed by atoms with Gasteiger partial charge in [-0.15, -0.1) is 0 Å².